The molecule has 0 amide bonds. The molecular formula is C15H20. The molecule has 0 saturated carbocycles. The van der Waals surface area contributed by atoms with Gasteiger partial charge in [-0.2, -0.15) is 0 Å². The fraction of sp³-hybridized carbons (Fsp3) is 0.333. The minimum Gasteiger partial charge on any atom is -0.0984 e. The predicted octanol–water partition coefficient (Wildman–Crippen LogP) is 4.66. The molecule has 0 heteroatoms. The molecule has 80 valence electrons. The maximum absolute atomic E-state index is 3.84. The molecule has 0 radical (unpaired) electrons. The van der Waals surface area contributed by atoms with Crippen LogP contribution in [0.2, 0.25) is 0 Å². The average molecular weight is 200 g/mol. The number of hydrogen-bond acceptors (Lipinski definition) is 0. The molecule has 0 atom stereocenters. The molecule has 0 N–H and O–H groups in total. The third-order valence-corrected chi connectivity index (χ3v) is 3.19. The van der Waals surface area contributed by atoms with Crippen molar-refractivity contribution in [3.63, 3.8) is 0 Å². The molecule has 1 rings (SSSR count). The Labute approximate surface area is 93.3 Å². The van der Waals surface area contributed by atoms with Gasteiger partial charge < -0.3 is 0 Å². The lowest BCUT2D eigenvalue weighted by atomic mass is 9.81. The van der Waals surface area contributed by atoms with E-state index in [1.54, 1.807) is 0 Å². The summed E-state index contributed by atoms with van der Waals surface area (Å²) in [6.07, 6.45) is 4.91. The van der Waals surface area contributed by atoms with E-state index < -0.39 is 0 Å². The van der Waals surface area contributed by atoms with Gasteiger partial charge in [-0.05, 0) is 28.5 Å². The molecule has 0 aliphatic rings. The molecule has 0 bridgehead atoms. The quantitative estimate of drug-likeness (QED) is 0.663. The third kappa shape index (κ3) is 2.38. The van der Waals surface area contributed by atoms with E-state index >= 15 is 0 Å². The fourth-order valence-electron chi connectivity index (χ4n) is 1.56. The Morgan fingerprint density at radius 1 is 1.13 bits per heavy atom. The van der Waals surface area contributed by atoms with E-state index in [1.807, 2.05) is 12.2 Å². The van der Waals surface area contributed by atoms with Crippen LogP contribution in [0.1, 0.15) is 43.9 Å². The lowest BCUT2D eigenvalue weighted by Crippen LogP contribution is -2.15. The maximum atomic E-state index is 3.84. The molecule has 0 saturated heterocycles. The van der Waals surface area contributed by atoms with Gasteiger partial charge in [0, 0.05) is 0 Å². The third-order valence-electron chi connectivity index (χ3n) is 3.19. The Kier molecular flexibility index (Phi) is 3.52. The standard InChI is InChI=1S/C15H20/c1-6-12-9-10-14(11-13(12)7-2)15(4,5)8-3/h6-7,9-11H,1-2,8H2,3-5H3. The summed E-state index contributed by atoms with van der Waals surface area (Å²) in [4.78, 5) is 0. The molecule has 1 aromatic rings. The molecule has 0 aromatic heterocycles. The van der Waals surface area contributed by atoms with E-state index in [2.05, 4.69) is 52.1 Å². The number of hydrogen-bond donors (Lipinski definition) is 0. The molecule has 0 unspecified atom stereocenters. The van der Waals surface area contributed by atoms with Crippen molar-refractivity contribution in [1.82, 2.24) is 0 Å². The molecule has 0 spiro atoms. The summed E-state index contributed by atoms with van der Waals surface area (Å²) >= 11 is 0. The van der Waals surface area contributed by atoms with Gasteiger partial charge in [0.1, 0.15) is 0 Å². The van der Waals surface area contributed by atoms with Gasteiger partial charge >= 0.3 is 0 Å². The van der Waals surface area contributed by atoms with Crippen molar-refractivity contribution in [2.75, 3.05) is 0 Å². The van der Waals surface area contributed by atoms with Crippen molar-refractivity contribution in [2.45, 2.75) is 32.6 Å². The van der Waals surface area contributed by atoms with Crippen LogP contribution < -0.4 is 0 Å². The van der Waals surface area contributed by atoms with E-state index in [0.29, 0.717) is 0 Å². The Balaban J connectivity index is 3.25. The highest BCUT2D eigenvalue weighted by atomic mass is 14.2. The van der Waals surface area contributed by atoms with E-state index in [4.69, 9.17) is 0 Å². The van der Waals surface area contributed by atoms with Gasteiger partial charge in [0.2, 0.25) is 0 Å². The lowest BCUT2D eigenvalue weighted by Gasteiger charge is -2.24. The number of rotatable bonds is 4. The summed E-state index contributed by atoms with van der Waals surface area (Å²) in [6, 6.07) is 6.53. The highest BCUT2D eigenvalue weighted by Crippen LogP contribution is 2.28. The van der Waals surface area contributed by atoms with Crippen LogP contribution in [0.25, 0.3) is 12.2 Å². The summed E-state index contributed by atoms with van der Waals surface area (Å²) in [5.41, 5.74) is 3.92. The zero-order valence-electron chi connectivity index (χ0n) is 10.0. The van der Waals surface area contributed by atoms with E-state index in [1.165, 1.54) is 11.1 Å². The van der Waals surface area contributed by atoms with Crippen LogP contribution in [0, 0.1) is 0 Å². The van der Waals surface area contributed by atoms with Crippen molar-refractivity contribution in [3.05, 3.63) is 48.0 Å². The average Bonchev–Trinajstić information content (AvgIpc) is 2.28. The minimum atomic E-state index is 0.234. The highest BCUT2D eigenvalue weighted by molar-refractivity contribution is 5.64. The van der Waals surface area contributed by atoms with Crippen LogP contribution in [-0.4, -0.2) is 0 Å². The lowest BCUT2D eigenvalue weighted by molar-refractivity contribution is 0.506. The monoisotopic (exact) mass is 200 g/mol. The first kappa shape index (κ1) is 11.8. The largest absolute Gasteiger partial charge is 0.0984 e. The first-order chi connectivity index (χ1) is 7.05. The summed E-state index contributed by atoms with van der Waals surface area (Å²) < 4.78 is 0. The Bertz CT molecular complexity index is 370. The molecule has 0 heterocycles. The highest BCUT2D eigenvalue weighted by Gasteiger charge is 2.18. The van der Waals surface area contributed by atoms with Crippen LogP contribution >= 0.6 is 0 Å². The molecule has 0 aliphatic heterocycles. The molecule has 0 fully saturated rings. The van der Waals surface area contributed by atoms with Gasteiger partial charge in [0.05, 0.1) is 0 Å². The Hall–Kier alpha value is -1.30. The molecule has 15 heavy (non-hydrogen) atoms. The first-order valence-corrected chi connectivity index (χ1v) is 5.44. The molecular weight excluding hydrogens is 180 g/mol. The summed E-state index contributed by atoms with van der Waals surface area (Å²) in [7, 11) is 0. The van der Waals surface area contributed by atoms with Crippen LogP contribution in [0.3, 0.4) is 0 Å². The zero-order valence-corrected chi connectivity index (χ0v) is 10.0. The van der Waals surface area contributed by atoms with E-state index in [9.17, 15) is 0 Å². The van der Waals surface area contributed by atoms with Gasteiger partial charge in [0.15, 0.2) is 0 Å². The second-order valence-electron chi connectivity index (χ2n) is 4.49. The van der Waals surface area contributed by atoms with Crippen LogP contribution in [0.5, 0.6) is 0 Å². The van der Waals surface area contributed by atoms with Crippen LogP contribution in [0.4, 0.5) is 0 Å². The minimum absolute atomic E-state index is 0.234. The topological polar surface area (TPSA) is 0 Å². The van der Waals surface area contributed by atoms with Crippen molar-refractivity contribution in [3.8, 4) is 0 Å². The molecule has 0 aliphatic carbocycles. The second-order valence-corrected chi connectivity index (χ2v) is 4.49. The second kappa shape index (κ2) is 4.48. The summed E-state index contributed by atoms with van der Waals surface area (Å²) in [5, 5.41) is 0. The van der Waals surface area contributed by atoms with Gasteiger partial charge in [0.25, 0.3) is 0 Å². The van der Waals surface area contributed by atoms with Crippen molar-refractivity contribution in [2.24, 2.45) is 0 Å². The van der Waals surface area contributed by atoms with Crippen molar-refractivity contribution < 1.29 is 0 Å². The SMILES string of the molecule is C=Cc1ccc(C(C)(C)CC)cc1C=C. The van der Waals surface area contributed by atoms with Gasteiger partial charge in [-0.1, -0.05) is 64.3 Å². The summed E-state index contributed by atoms with van der Waals surface area (Å²) in [6.45, 7) is 14.4. The Morgan fingerprint density at radius 2 is 1.73 bits per heavy atom. The molecule has 1 aromatic carbocycles. The van der Waals surface area contributed by atoms with Crippen molar-refractivity contribution in [1.29, 1.82) is 0 Å². The fourth-order valence-corrected chi connectivity index (χ4v) is 1.56. The smallest absolute Gasteiger partial charge is 0.0106 e. The first-order valence-electron chi connectivity index (χ1n) is 5.44. The predicted molar refractivity (Wildman–Crippen MR) is 69.9 cm³/mol. The maximum Gasteiger partial charge on any atom is -0.0106 e. The van der Waals surface area contributed by atoms with E-state index in [-0.39, 0.29) is 5.41 Å². The Morgan fingerprint density at radius 3 is 2.20 bits per heavy atom. The molecule has 0 nitrogen and oxygen atoms in total. The summed E-state index contributed by atoms with van der Waals surface area (Å²) in [5.74, 6) is 0. The normalized spacial score (nSPS) is 11.1. The number of benzene rings is 1. The van der Waals surface area contributed by atoms with E-state index in [0.717, 1.165) is 12.0 Å². The van der Waals surface area contributed by atoms with Crippen molar-refractivity contribution >= 4 is 12.2 Å². The van der Waals surface area contributed by atoms with Crippen LogP contribution in [0.15, 0.2) is 31.4 Å². The zero-order chi connectivity index (χ0) is 11.5. The van der Waals surface area contributed by atoms with Crippen LogP contribution in [-0.2, 0) is 5.41 Å². The van der Waals surface area contributed by atoms with Gasteiger partial charge in [-0.25, -0.2) is 0 Å². The van der Waals surface area contributed by atoms with Gasteiger partial charge in [-0.15, -0.1) is 0 Å². The van der Waals surface area contributed by atoms with Gasteiger partial charge in [-0.3, -0.25) is 0 Å².